The number of amides is 1. The highest BCUT2D eigenvalue weighted by molar-refractivity contribution is 7.99. The van der Waals surface area contributed by atoms with Crippen LogP contribution in [0.25, 0.3) is 10.2 Å². The Morgan fingerprint density at radius 2 is 1.91 bits per heavy atom. The van der Waals surface area contributed by atoms with Gasteiger partial charge >= 0.3 is 0 Å². The summed E-state index contributed by atoms with van der Waals surface area (Å²) in [5.74, 6) is 0.397. The van der Waals surface area contributed by atoms with Gasteiger partial charge in [0.05, 0.1) is 11.1 Å². The summed E-state index contributed by atoms with van der Waals surface area (Å²) >= 11 is 2.91. The lowest BCUT2D eigenvalue weighted by atomic mass is 9.97. The third-order valence-electron chi connectivity index (χ3n) is 5.57. The Bertz CT molecular complexity index is 1230. The van der Waals surface area contributed by atoms with E-state index in [0.29, 0.717) is 22.8 Å². The van der Waals surface area contributed by atoms with Crippen LogP contribution in [-0.4, -0.2) is 27.0 Å². The van der Waals surface area contributed by atoms with Crippen LogP contribution in [0.4, 0.5) is 5.69 Å². The second-order valence-corrected chi connectivity index (χ2v) is 10.6. The van der Waals surface area contributed by atoms with Gasteiger partial charge in [-0.3, -0.25) is 19.0 Å². The Labute approximate surface area is 195 Å². The van der Waals surface area contributed by atoms with Crippen LogP contribution < -0.4 is 10.9 Å². The zero-order chi connectivity index (χ0) is 22.8. The molecule has 32 heavy (non-hydrogen) atoms. The monoisotopic (exact) mass is 469 g/mol. The van der Waals surface area contributed by atoms with Crippen molar-refractivity contribution in [2.24, 2.45) is 13.0 Å². The molecular weight excluding hydrogens is 442 g/mol. The number of benzene rings is 1. The molecule has 6 nitrogen and oxygen atoms in total. The zero-order valence-corrected chi connectivity index (χ0v) is 20.2. The maximum absolute atomic E-state index is 13.0. The second kappa shape index (κ2) is 9.58. The van der Waals surface area contributed by atoms with Gasteiger partial charge in [0, 0.05) is 29.6 Å². The smallest absolute Gasteiger partial charge is 0.262 e. The molecule has 0 unspecified atom stereocenters. The van der Waals surface area contributed by atoms with Gasteiger partial charge in [-0.15, -0.1) is 11.3 Å². The van der Waals surface area contributed by atoms with Crippen LogP contribution in [0.15, 0.2) is 34.2 Å². The summed E-state index contributed by atoms with van der Waals surface area (Å²) < 4.78 is 1.56. The highest BCUT2D eigenvalue weighted by Gasteiger charge is 2.21. The molecule has 1 aliphatic carbocycles. The van der Waals surface area contributed by atoms with Crippen molar-refractivity contribution < 1.29 is 9.59 Å². The maximum atomic E-state index is 13.0. The Kier molecular flexibility index (Phi) is 6.81. The third-order valence-corrected chi connectivity index (χ3v) is 7.79. The van der Waals surface area contributed by atoms with Gasteiger partial charge < -0.3 is 5.32 Å². The minimum Gasteiger partial charge on any atom is -0.326 e. The van der Waals surface area contributed by atoms with E-state index in [1.165, 1.54) is 22.2 Å². The van der Waals surface area contributed by atoms with Gasteiger partial charge in [-0.1, -0.05) is 25.6 Å². The molecule has 0 aliphatic heterocycles. The Morgan fingerprint density at radius 1 is 1.19 bits per heavy atom. The van der Waals surface area contributed by atoms with Gasteiger partial charge in [0.15, 0.2) is 10.9 Å². The molecule has 3 aromatic rings. The Balaban J connectivity index is 1.45. The van der Waals surface area contributed by atoms with E-state index in [1.807, 2.05) is 13.8 Å². The normalized spacial score (nSPS) is 13.4. The SMILES string of the molecule is CC(C)CC(=O)Nc1ccc(C(=O)CSc2nc3sc4c(c3c(=O)n2C)CCCC4)cc1. The van der Waals surface area contributed by atoms with Gasteiger partial charge in [0.2, 0.25) is 5.91 Å². The number of ketones is 1. The lowest BCUT2D eigenvalue weighted by molar-refractivity contribution is -0.116. The standard InChI is InChI=1S/C24H27N3O3S2/c1-14(2)12-20(29)25-16-10-8-15(9-11-16)18(28)13-31-24-26-22-21(23(30)27(24)3)17-6-4-5-7-19(17)32-22/h8-11,14H,4-7,12-13H2,1-3H3,(H,25,29). The first kappa shape index (κ1) is 22.7. The predicted molar refractivity (Wildman–Crippen MR) is 131 cm³/mol. The molecule has 0 atom stereocenters. The highest BCUT2D eigenvalue weighted by atomic mass is 32.2. The van der Waals surface area contributed by atoms with Crippen molar-refractivity contribution in [3.8, 4) is 0 Å². The Morgan fingerprint density at radius 3 is 2.62 bits per heavy atom. The van der Waals surface area contributed by atoms with Crippen LogP contribution in [-0.2, 0) is 24.7 Å². The van der Waals surface area contributed by atoms with Gasteiger partial charge in [-0.25, -0.2) is 4.98 Å². The van der Waals surface area contributed by atoms with E-state index in [4.69, 9.17) is 4.98 Å². The quantitative estimate of drug-likeness (QED) is 0.304. The number of Topliss-reactive ketones (excluding diaryl/α,β-unsaturated/α-hetero) is 1. The first-order valence-electron chi connectivity index (χ1n) is 10.9. The predicted octanol–water partition coefficient (Wildman–Crippen LogP) is 4.83. The minimum atomic E-state index is -0.0464. The summed E-state index contributed by atoms with van der Waals surface area (Å²) in [5.41, 5.74) is 2.40. The van der Waals surface area contributed by atoms with E-state index in [-0.39, 0.29) is 28.9 Å². The van der Waals surface area contributed by atoms with Gasteiger partial charge in [-0.05, 0) is 61.4 Å². The topological polar surface area (TPSA) is 81.1 Å². The number of carbonyl (C=O) groups is 2. The minimum absolute atomic E-state index is 0.0224. The fourth-order valence-corrected chi connectivity index (χ4v) is 6.10. The summed E-state index contributed by atoms with van der Waals surface area (Å²) in [4.78, 5) is 44.4. The number of nitrogens with one attached hydrogen (secondary N) is 1. The van der Waals surface area contributed by atoms with Gasteiger partial charge in [0.1, 0.15) is 4.83 Å². The number of thiophene rings is 1. The number of hydrogen-bond acceptors (Lipinski definition) is 6. The van der Waals surface area contributed by atoms with Crippen LogP contribution in [0.1, 0.15) is 53.9 Å². The molecule has 0 spiro atoms. The van der Waals surface area contributed by atoms with E-state index in [9.17, 15) is 14.4 Å². The number of aryl methyl sites for hydroxylation is 2. The lowest BCUT2D eigenvalue weighted by Gasteiger charge is -2.11. The molecule has 0 fully saturated rings. The molecule has 0 saturated heterocycles. The molecule has 2 aromatic heterocycles. The van der Waals surface area contributed by atoms with Crippen molar-refractivity contribution in [1.29, 1.82) is 0 Å². The van der Waals surface area contributed by atoms with E-state index in [0.717, 1.165) is 35.9 Å². The van der Waals surface area contributed by atoms with Crippen molar-refractivity contribution >= 4 is 50.7 Å². The maximum Gasteiger partial charge on any atom is 0.262 e. The number of rotatable bonds is 7. The zero-order valence-electron chi connectivity index (χ0n) is 18.6. The van der Waals surface area contributed by atoms with Crippen LogP contribution >= 0.6 is 23.1 Å². The van der Waals surface area contributed by atoms with Crippen molar-refractivity contribution in [3.63, 3.8) is 0 Å². The van der Waals surface area contributed by atoms with Crippen LogP contribution in [0, 0.1) is 5.92 Å². The van der Waals surface area contributed by atoms with E-state index >= 15 is 0 Å². The highest BCUT2D eigenvalue weighted by Crippen LogP contribution is 2.34. The first-order valence-corrected chi connectivity index (χ1v) is 12.7. The van der Waals surface area contributed by atoms with Crippen molar-refractivity contribution in [2.45, 2.75) is 51.1 Å². The number of carbonyl (C=O) groups excluding carboxylic acids is 2. The van der Waals surface area contributed by atoms with Gasteiger partial charge in [-0.2, -0.15) is 0 Å². The van der Waals surface area contributed by atoms with E-state index in [1.54, 1.807) is 47.2 Å². The molecule has 0 bridgehead atoms. The second-order valence-electron chi connectivity index (χ2n) is 8.58. The molecule has 2 heterocycles. The van der Waals surface area contributed by atoms with E-state index < -0.39 is 0 Å². The largest absolute Gasteiger partial charge is 0.326 e. The van der Waals surface area contributed by atoms with Crippen LogP contribution in [0.3, 0.4) is 0 Å². The molecular formula is C24H27N3O3S2. The number of hydrogen-bond donors (Lipinski definition) is 1. The number of anilines is 1. The molecule has 1 aliphatic rings. The molecule has 0 saturated carbocycles. The summed E-state index contributed by atoms with van der Waals surface area (Å²) in [7, 11) is 1.73. The lowest BCUT2D eigenvalue weighted by Crippen LogP contribution is -2.21. The van der Waals surface area contributed by atoms with E-state index in [2.05, 4.69) is 5.32 Å². The molecule has 8 heteroatoms. The van der Waals surface area contributed by atoms with Crippen LogP contribution in [0.5, 0.6) is 0 Å². The molecule has 1 N–H and O–H groups in total. The number of fused-ring (bicyclic) bond motifs is 3. The average molecular weight is 470 g/mol. The van der Waals surface area contributed by atoms with Crippen molar-refractivity contribution in [1.82, 2.24) is 9.55 Å². The fraction of sp³-hybridized carbons (Fsp3) is 0.417. The Hall–Kier alpha value is -2.45. The fourth-order valence-electron chi connectivity index (χ4n) is 3.93. The van der Waals surface area contributed by atoms with Gasteiger partial charge in [0.25, 0.3) is 5.56 Å². The number of aromatic nitrogens is 2. The molecule has 1 amide bonds. The van der Waals surface area contributed by atoms with Crippen molar-refractivity contribution in [3.05, 3.63) is 50.6 Å². The molecule has 1 aromatic carbocycles. The third kappa shape index (κ3) is 4.81. The number of thioether (sulfide) groups is 1. The summed E-state index contributed by atoms with van der Waals surface area (Å²) in [6.45, 7) is 3.99. The average Bonchev–Trinajstić information content (AvgIpc) is 3.13. The number of nitrogens with zero attached hydrogens (tertiary/aromatic N) is 2. The van der Waals surface area contributed by atoms with Crippen LogP contribution in [0.2, 0.25) is 0 Å². The summed E-state index contributed by atoms with van der Waals surface area (Å²) in [6, 6.07) is 6.92. The molecule has 168 valence electrons. The molecule has 4 rings (SSSR count). The summed E-state index contributed by atoms with van der Waals surface area (Å²) in [6.07, 6.45) is 4.71. The summed E-state index contributed by atoms with van der Waals surface area (Å²) in [5, 5.41) is 4.17. The first-order chi connectivity index (χ1) is 15.3. The molecule has 0 radical (unpaired) electrons. The van der Waals surface area contributed by atoms with Crippen molar-refractivity contribution in [2.75, 3.05) is 11.1 Å².